The fourth-order valence-corrected chi connectivity index (χ4v) is 2.48. The van der Waals surface area contributed by atoms with Crippen molar-refractivity contribution in [1.29, 1.82) is 0 Å². The summed E-state index contributed by atoms with van der Waals surface area (Å²) in [5.74, 6) is 0.654. The van der Waals surface area contributed by atoms with Crippen molar-refractivity contribution in [2.75, 3.05) is 31.3 Å². The molecule has 9 heteroatoms. The maximum atomic E-state index is 11.6. The van der Waals surface area contributed by atoms with Gasteiger partial charge < -0.3 is 15.4 Å². The highest BCUT2D eigenvalue weighted by molar-refractivity contribution is 7.98. The lowest BCUT2D eigenvalue weighted by molar-refractivity contribution is -0.125. The highest BCUT2D eigenvalue weighted by atomic mass is 32.2. The van der Waals surface area contributed by atoms with Crippen LogP contribution in [0.3, 0.4) is 0 Å². The predicted molar refractivity (Wildman–Crippen MR) is 95.4 cm³/mol. The van der Waals surface area contributed by atoms with Gasteiger partial charge in [-0.1, -0.05) is 11.8 Å². The van der Waals surface area contributed by atoms with E-state index in [0.717, 1.165) is 16.9 Å². The van der Waals surface area contributed by atoms with Crippen molar-refractivity contribution in [2.45, 2.75) is 38.5 Å². The van der Waals surface area contributed by atoms with Crippen LogP contribution in [0.1, 0.15) is 20.8 Å². The number of nitrogens with one attached hydrogen (secondary N) is 2. The van der Waals surface area contributed by atoms with E-state index in [4.69, 9.17) is 4.74 Å². The molecule has 0 aromatic carbocycles. The van der Waals surface area contributed by atoms with Crippen LogP contribution in [0.5, 0.6) is 0 Å². The van der Waals surface area contributed by atoms with E-state index in [0.29, 0.717) is 24.9 Å². The Balaban J connectivity index is 2.12. The van der Waals surface area contributed by atoms with Crippen molar-refractivity contribution in [3.05, 3.63) is 6.20 Å². The Labute approximate surface area is 145 Å². The van der Waals surface area contributed by atoms with Crippen molar-refractivity contribution < 1.29 is 9.53 Å². The molecule has 0 fully saturated rings. The summed E-state index contributed by atoms with van der Waals surface area (Å²) in [5, 5.41) is 12.1. The standard InChI is InChI=1S/C15H24N6O2S/c1-5-23-9-12(22)16-6-7-21-14-11(8-17-21)13(18-10(2)3)19-15(20-14)24-4/h8,10H,5-7,9H2,1-4H3,(H,16,22)(H,18,19,20). The van der Waals surface area contributed by atoms with Crippen LogP contribution in [-0.2, 0) is 16.1 Å². The summed E-state index contributed by atoms with van der Waals surface area (Å²) >= 11 is 1.49. The molecule has 2 aromatic rings. The molecule has 2 N–H and O–H groups in total. The maximum absolute atomic E-state index is 11.6. The molecule has 0 radical (unpaired) electrons. The van der Waals surface area contributed by atoms with Crippen molar-refractivity contribution in [2.24, 2.45) is 0 Å². The van der Waals surface area contributed by atoms with Crippen molar-refractivity contribution in [1.82, 2.24) is 25.1 Å². The van der Waals surface area contributed by atoms with Gasteiger partial charge in [-0.05, 0) is 27.0 Å². The van der Waals surface area contributed by atoms with Gasteiger partial charge in [-0.3, -0.25) is 4.79 Å². The molecule has 0 saturated heterocycles. The fraction of sp³-hybridized carbons (Fsp3) is 0.600. The first-order chi connectivity index (χ1) is 11.5. The van der Waals surface area contributed by atoms with Gasteiger partial charge in [0.1, 0.15) is 12.4 Å². The van der Waals surface area contributed by atoms with Gasteiger partial charge in [0.25, 0.3) is 0 Å². The zero-order valence-corrected chi connectivity index (χ0v) is 15.3. The van der Waals surface area contributed by atoms with E-state index in [1.165, 1.54) is 11.8 Å². The number of rotatable bonds is 9. The van der Waals surface area contributed by atoms with Crippen LogP contribution in [0.25, 0.3) is 11.0 Å². The normalized spacial score (nSPS) is 11.2. The number of carbonyl (C=O) groups excluding carboxylic acids is 1. The van der Waals surface area contributed by atoms with Crippen LogP contribution < -0.4 is 10.6 Å². The summed E-state index contributed by atoms with van der Waals surface area (Å²) in [6, 6.07) is 0.263. The molecule has 24 heavy (non-hydrogen) atoms. The zero-order chi connectivity index (χ0) is 17.5. The number of aromatic nitrogens is 4. The number of hydrogen-bond donors (Lipinski definition) is 2. The molecule has 0 spiro atoms. The second-order valence-corrected chi connectivity index (χ2v) is 6.22. The zero-order valence-electron chi connectivity index (χ0n) is 14.5. The van der Waals surface area contributed by atoms with Crippen LogP contribution in [0.15, 0.2) is 11.4 Å². The summed E-state index contributed by atoms with van der Waals surface area (Å²) in [6.45, 7) is 7.58. The smallest absolute Gasteiger partial charge is 0.246 e. The molecule has 0 unspecified atom stereocenters. The average Bonchev–Trinajstić information content (AvgIpc) is 2.95. The first kappa shape index (κ1) is 18.5. The molecule has 2 heterocycles. The van der Waals surface area contributed by atoms with Crippen LogP contribution in [0.2, 0.25) is 0 Å². The topological polar surface area (TPSA) is 94.0 Å². The third kappa shape index (κ3) is 4.81. The Morgan fingerprint density at radius 1 is 1.42 bits per heavy atom. The molecule has 1 amide bonds. The first-order valence-electron chi connectivity index (χ1n) is 7.93. The van der Waals surface area contributed by atoms with Gasteiger partial charge in [-0.25, -0.2) is 14.6 Å². The van der Waals surface area contributed by atoms with Crippen LogP contribution in [-0.4, -0.2) is 57.7 Å². The fourth-order valence-electron chi connectivity index (χ4n) is 2.12. The van der Waals surface area contributed by atoms with Crippen LogP contribution >= 0.6 is 11.8 Å². The van der Waals surface area contributed by atoms with Crippen molar-refractivity contribution in [3.63, 3.8) is 0 Å². The number of carbonyl (C=O) groups is 1. The number of anilines is 1. The molecule has 8 nitrogen and oxygen atoms in total. The molecule has 2 aromatic heterocycles. The number of fused-ring (bicyclic) bond motifs is 1. The van der Waals surface area contributed by atoms with Crippen molar-refractivity contribution in [3.8, 4) is 0 Å². The Kier molecular flexibility index (Phi) is 6.80. The summed E-state index contributed by atoms with van der Waals surface area (Å²) < 4.78 is 6.85. The SMILES string of the molecule is CCOCC(=O)NCCn1ncc2c(NC(C)C)nc(SC)nc21. The predicted octanol–water partition coefficient (Wildman–Crippen LogP) is 1.52. The summed E-state index contributed by atoms with van der Waals surface area (Å²) in [7, 11) is 0. The molecule has 0 aliphatic heterocycles. The third-order valence-electron chi connectivity index (χ3n) is 3.17. The lowest BCUT2D eigenvalue weighted by Crippen LogP contribution is -2.30. The van der Waals surface area contributed by atoms with Gasteiger partial charge >= 0.3 is 0 Å². The van der Waals surface area contributed by atoms with Gasteiger partial charge in [0.05, 0.1) is 18.1 Å². The molecule has 2 rings (SSSR count). The highest BCUT2D eigenvalue weighted by Gasteiger charge is 2.13. The van der Waals surface area contributed by atoms with Crippen LogP contribution in [0, 0.1) is 0 Å². The number of hydrogen-bond acceptors (Lipinski definition) is 7. The maximum Gasteiger partial charge on any atom is 0.246 e. The Morgan fingerprint density at radius 2 is 2.21 bits per heavy atom. The largest absolute Gasteiger partial charge is 0.372 e. The summed E-state index contributed by atoms with van der Waals surface area (Å²) in [5.41, 5.74) is 0.761. The Morgan fingerprint density at radius 3 is 2.88 bits per heavy atom. The minimum atomic E-state index is -0.130. The number of ether oxygens (including phenoxy) is 1. The van der Waals surface area contributed by atoms with Crippen LogP contribution in [0.4, 0.5) is 5.82 Å². The lowest BCUT2D eigenvalue weighted by Gasteiger charge is -2.11. The molecule has 0 bridgehead atoms. The number of thioether (sulfide) groups is 1. The molecule has 0 atom stereocenters. The van der Waals surface area contributed by atoms with Gasteiger partial charge in [0.2, 0.25) is 5.91 Å². The van der Waals surface area contributed by atoms with Gasteiger partial charge in [0.15, 0.2) is 10.8 Å². The lowest BCUT2D eigenvalue weighted by atomic mass is 10.3. The Bertz CT molecular complexity index is 688. The minimum Gasteiger partial charge on any atom is -0.372 e. The van der Waals surface area contributed by atoms with Gasteiger partial charge in [0, 0.05) is 19.2 Å². The molecule has 0 saturated carbocycles. The van der Waals surface area contributed by atoms with Gasteiger partial charge in [-0.15, -0.1) is 0 Å². The molecular formula is C15H24N6O2S. The Hall–Kier alpha value is -1.87. The van der Waals surface area contributed by atoms with Gasteiger partial charge in [-0.2, -0.15) is 5.10 Å². The average molecular weight is 352 g/mol. The first-order valence-corrected chi connectivity index (χ1v) is 9.16. The van der Waals surface area contributed by atoms with E-state index in [9.17, 15) is 4.79 Å². The van der Waals surface area contributed by atoms with E-state index in [-0.39, 0.29) is 18.6 Å². The van der Waals surface area contributed by atoms with E-state index in [1.54, 1.807) is 10.9 Å². The highest BCUT2D eigenvalue weighted by Crippen LogP contribution is 2.23. The quantitative estimate of drug-likeness (QED) is 0.522. The molecular weight excluding hydrogens is 328 g/mol. The van der Waals surface area contributed by atoms with E-state index in [2.05, 4.69) is 39.5 Å². The third-order valence-corrected chi connectivity index (χ3v) is 3.71. The second-order valence-electron chi connectivity index (χ2n) is 5.45. The van der Waals surface area contributed by atoms with Crippen molar-refractivity contribution >= 4 is 34.5 Å². The minimum absolute atomic E-state index is 0.0810. The summed E-state index contributed by atoms with van der Waals surface area (Å²) in [4.78, 5) is 20.6. The van der Waals surface area contributed by atoms with E-state index < -0.39 is 0 Å². The molecule has 0 aliphatic rings. The summed E-state index contributed by atoms with van der Waals surface area (Å²) in [6.07, 6.45) is 3.70. The molecule has 132 valence electrons. The van der Waals surface area contributed by atoms with E-state index >= 15 is 0 Å². The second kappa shape index (κ2) is 8.84. The number of amides is 1. The molecule has 0 aliphatic carbocycles. The van der Waals surface area contributed by atoms with E-state index in [1.807, 2.05) is 13.2 Å². The monoisotopic (exact) mass is 352 g/mol. The number of nitrogens with zero attached hydrogens (tertiary/aromatic N) is 4.